The van der Waals surface area contributed by atoms with Crippen LogP contribution in [0.15, 0.2) is 24.3 Å². The van der Waals surface area contributed by atoms with Crippen LogP contribution in [-0.4, -0.2) is 23.0 Å². The highest BCUT2D eigenvalue weighted by molar-refractivity contribution is 5.96. The van der Waals surface area contributed by atoms with Crippen LogP contribution in [0.25, 0.3) is 0 Å². The highest BCUT2D eigenvalue weighted by Crippen LogP contribution is 2.55. The second-order valence-corrected chi connectivity index (χ2v) is 7.84. The summed E-state index contributed by atoms with van der Waals surface area (Å²) in [6.07, 6.45) is 8.88. The van der Waals surface area contributed by atoms with Crippen molar-refractivity contribution in [1.82, 2.24) is 5.32 Å². The molecule has 0 heterocycles. The molecule has 4 aliphatic carbocycles. The number of nitrogens with one attached hydrogen (secondary N) is 1. The first-order valence-corrected chi connectivity index (χ1v) is 8.69. The maximum atomic E-state index is 12.2. The van der Waals surface area contributed by atoms with E-state index in [1.54, 1.807) is 24.3 Å². The molecule has 4 bridgehead atoms. The topological polar surface area (TPSA) is 49.3 Å². The lowest BCUT2D eigenvalue weighted by Crippen LogP contribution is -2.58. The number of hydrogen-bond donors (Lipinski definition) is 2. The molecule has 22 heavy (non-hydrogen) atoms. The minimum absolute atomic E-state index is 0.164. The lowest BCUT2D eigenvalue weighted by atomic mass is 9.53. The van der Waals surface area contributed by atoms with Crippen molar-refractivity contribution in [2.75, 3.05) is 6.54 Å². The van der Waals surface area contributed by atoms with Crippen LogP contribution in [-0.2, 0) is 0 Å². The number of phenolic OH excluding ortho intramolecular Hbond substituents is 1. The molecule has 3 heteroatoms. The number of Topliss-reactive ketones (excluding diaryl/α,β-unsaturated/α-hetero) is 1. The van der Waals surface area contributed by atoms with Gasteiger partial charge in [0.05, 0.1) is 0 Å². The van der Waals surface area contributed by atoms with Crippen LogP contribution in [0.5, 0.6) is 5.75 Å². The highest BCUT2D eigenvalue weighted by atomic mass is 16.3. The summed E-state index contributed by atoms with van der Waals surface area (Å²) in [6, 6.07) is 6.59. The van der Waals surface area contributed by atoms with Crippen LogP contribution in [0, 0.1) is 17.8 Å². The van der Waals surface area contributed by atoms with Gasteiger partial charge in [0.1, 0.15) is 5.75 Å². The number of carbonyl (C=O) groups is 1. The van der Waals surface area contributed by atoms with Crippen LogP contribution >= 0.6 is 0 Å². The Kier molecular flexibility index (Phi) is 3.48. The lowest BCUT2D eigenvalue weighted by Gasteiger charge is -2.57. The largest absolute Gasteiger partial charge is 0.508 e. The summed E-state index contributed by atoms with van der Waals surface area (Å²) in [5.41, 5.74) is 1.04. The van der Waals surface area contributed by atoms with Gasteiger partial charge in [-0.1, -0.05) is 0 Å². The lowest BCUT2D eigenvalue weighted by molar-refractivity contribution is -0.0193. The van der Waals surface area contributed by atoms with Crippen LogP contribution in [0.4, 0.5) is 0 Å². The number of hydrogen-bond acceptors (Lipinski definition) is 3. The van der Waals surface area contributed by atoms with Crippen molar-refractivity contribution in [2.24, 2.45) is 17.8 Å². The second kappa shape index (κ2) is 5.38. The summed E-state index contributed by atoms with van der Waals surface area (Å²) in [5, 5.41) is 13.1. The van der Waals surface area contributed by atoms with Crippen molar-refractivity contribution in [2.45, 2.75) is 50.5 Å². The van der Waals surface area contributed by atoms with Gasteiger partial charge >= 0.3 is 0 Å². The zero-order chi connectivity index (χ0) is 15.2. The molecule has 2 N–H and O–H groups in total. The van der Waals surface area contributed by atoms with Crippen LogP contribution in [0.2, 0.25) is 0 Å². The first-order chi connectivity index (χ1) is 10.6. The first kappa shape index (κ1) is 14.3. The van der Waals surface area contributed by atoms with Gasteiger partial charge in [0.2, 0.25) is 0 Å². The molecule has 5 rings (SSSR count). The van der Waals surface area contributed by atoms with E-state index in [1.807, 2.05) is 0 Å². The molecule has 0 atom stereocenters. The first-order valence-electron chi connectivity index (χ1n) is 8.69. The zero-order valence-corrected chi connectivity index (χ0v) is 13.1. The van der Waals surface area contributed by atoms with Gasteiger partial charge in [0, 0.05) is 24.1 Å². The monoisotopic (exact) mass is 299 g/mol. The third-order valence-electron chi connectivity index (χ3n) is 6.08. The predicted octanol–water partition coefficient (Wildman–Crippen LogP) is 3.52. The van der Waals surface area contributed by atoms with Gasteiger partial charge in [-0.05, 0) is 80.5 Å². The molecule has 0 saturated heterocycles. The third-order valence-corrected chi connectivity index (χ3v) is 6.08. The third kappa shape index (κ3) is 2.67. The van der Waals surface area contributed by atoms with Crippen molar-refractivity contribution >= 4 is 5.78 Å². The molecule has 0 radical (unpaired) electrons. The smallest absolute Gasteiger partial charge is 0.164 e. The summed E-state index contributed by atoms with van der Waals surface area (Å²) < 4.78 is 0. The Hall–Kier alpha value is -1.35. The molecular formula is C19H25NO2. The number of rotatable bonds is 5. The van der Waals surface area contributed by atoms with Crippen molar-refractivity contribution < 1.29 is 9.90 Å². The fourth-order valence-corrected chi connectivity index (χ4v) is 5.56. The molecule has 118 valence electrons. The Labute approximate surface area is 132 Å². The van der Waals surface area contributed by atoms with E-state index in [9.17, 15) is 9.90 Å². The van der Waals surface area contributed by atoms with Gasteiger partial charge in [0.25, 0.3) is 0 Å². The molecule has 4 aliphatic rings. The molecule has 0 unspecified atom stereocenters. The number of aromatic hydroxyl groups is 1. The Morgan fingerprint density at radius 3 is 2.14 bits per heavy atom. The minimum atomic E-state index is 0.164. The highest BCUT2D eigenvalue weighted by Gasteiger charge is 2.50. The van der Waals surface area contributed by atoms with E-state index >= 15 is 0 Å². The van der Waals surface area contributed by atoms with E-state index in [-0.39, 0.29) is 11.5 Å². The van der Waals surface area contributed by atoms with Gasteiger partial charge in [-0.25, -0.2) is 0 Å². The van der Waals surface area contributed by atoms with Gasteiger partial charge in [0.15, 0.2) is 5.78 Å². The molecule has 0 amide bonds. The average molecular weight is 299 g/mol. The minimum Gasteiger partial charge on any atom is -0.508 e. The molecule has 3 nitrogen and oxygen atoms in total. The average Bonchev–Trinajstić information content (AvgIpc) is 2.46. The Balaban J connectivity index is 1.33. The second-order valence-electron chi connectivity index (χ2n) is 7.84. The van der Waals surface area contributed by atoms with Crippen molar-refractivity contribution in [3.63, 3.8) is 0 Å². The quantitative estimate of drug-likeness (QED) is 0.818. The van der Waals surface area contributed by atoms with Crippen molar-refractivity contribution in [3.05, 3.63) is 29.8 Å². The summed E-state index contributed by atoms with van der Waals surface area (Å²) >= 11 is 0. The van der Waals surface area contributed by atoms with E-state index in [1.165, 1.54) is 38.5 Å². The zero-order valence-electron chi connectivity index (χ0n) is 13.1. The van der Waals surface area contributed by atoms with Crippen LogP contribution in [0.1, 0.15) is 55.3 Å². The van der Waals surface area contributed by atoms with E-state index in [2.05, 4.69) is 5.32 Å². The predicted molar refractivity (Wildman–Crippen MR) is 86.0 cm³/mol. The molecule has 0 aliphatic heterocycles. The number of carbonyl (C=O) groups excluding carboxylic acids is 1. The van der Waals surface area contributed by atoms with E-state index in [0.717, 1.165) is 24.3 Å². The fraction of sp³-hybridized carbons (Fsp3) is 0.632. The van der Waals surface area contributed by atoms with Gasteiger partial charge in [-0.15, -0.1) is 0 Å². The Morgan fingerprint density at radius 2 is 1.59 bits per heavy atom. The van der Waals surface area contributed by atoms with Crippen molar-refractivity contribution in [1.29, 1.82) is 0 Å². The van der Waals surface area contributed by atoms with E-state index in [0.29, 0.717) is 17.5 Å². The maximum absolute atomic E-state index is 12.2. The van der Waals surface area contributed by atoms with Gasteiger partial charge in [-0.2, -0.15) is 0 Å². The van der Waals surface area contributed by atoms with Gasteiger partial charge < -0.3 is 10.4 Å². The fourth-order valence-electron chi connectivity index (χ4n) is 5.56. The molecule has 4 saturated carbocycles. The summed E-state index contributed by atoms with van der Waals surface area (Å²) in [6.45, 7) is 0.784. The number of benzene rings is 1. The summed E-state index contributed by atoms with van der Waals surface area (Å²) in [5.74, 6) is 3.19. The molecule has 0 aromatic heterocycles. The van der Waals surface area contributed by atoms with Crippen LogP contribution in [0.3, 0.4) is 0 Å². The summed E-state index contributed by atoms with van der Waals surface area (Å²) in [7, 11) is 0. The molecule has 1 aromatic rings. The Morgan fingerprint density at radius 1 is 1.05 bits per heavy atom. The van der Waals surface area contributed by atoms with Crippen LogP contribution < -0.4 is 5.32 Å². The normalized spacial score (nSPS) is 35.7. The maximum Gasteiger partial charge on any atom is 0.164 e. The SMILES string of the molecule is O=C(CCNC12CC3CC(CC(C3)C1)C2)c1ccc(O)cc1. The summed E-state index contributed by atoms with van der Waals surface area (Å²) in [4.78, 5) is 12.2. The van der Waals surface area contributed by atoms with E-state index < -0.39 is 0 Å². The van der Waals surface area contributed by atoms with E-state index in [4.69, 9.17) is 0 Å². The Bertz CT molecular complexity index is 528. The number of ketones is 1. The molecule has 0 spiro atoms. The van der Waals surface area contributed by atoms with Gasteiger partial charge in [-0.3, -0.25) is 4.79 Å². The van der Waals surface area contributed by atoms with Crippen molar-refractivity contribution in [3.8, 4) is 5.75 Å². The molecule has 4 fully saturated rings. The standard InChI is InChI=1S/C19H25NO2/c21-17-3-1-16(2-4-17)18(22)5-6-20-19-10-13-7-14(11-19)9-15(8-13)12-19/h1-4,13-15,20-21H,5-12H2. The number of phenols is 1. The molecular weight excluding hydrogens is 274 g/mol. The molecule has 1 aromatic carbocycles.